The van der Waals surface area contributed by atoms with Crippen LogP contribution in [-0.2, 0) is 13.0 Å². The summed E-state index contributed by atoms with van der Waals surface area (Å²) < 4.78 is 5.31. The van der Waals surface area contributed by atoms with Crippen LogP contribution in [0.5, 0.6) is 0 Å². The largest absolute Gasteiger partial charge is 0.440 e. The highest BCUT2D eigenvalue weighted by atomic mass is 16.3. The summed E-state index contributed by atoms with van der Waals surface area (Å²) in [7, 11) is 0. The van der Waals surface area contributed by atoms with Crippen molar-refractivity contribution in [3.63, 3.8) is 0 Å². The van der Waals surface area contributed by atoms with Gasteiger partial charge in [-0.2, -0.15) is 5.26 Å². The van der Waals surface area contributed by atoms with Crippen LogP contribution in [0.1, 0.15) is 11.5 Å². The van der Waals surface area contributed by atoms with Crippen LogP contribution in [0, 0.1) is 11.3 Å². The summed E-state index contributed by atoms with van der Waals surface area (Å²) >= 11 is 0. The van der Waals surface area contributed by atoms with Crippen LogP contribution in [0.15, 0.2) is 22.6 Å². The standard InChI is InChI=1S/C10H8N2O2/c11-4-3-10-12-8-2-1-7(6-13)5-9(8)14-10/h1-2,5,13H,3,6H2. The van der Waals surface area contributed by atoms with Gasteiger partial charge >= 0.3 is 0 Å². The number of oxazole rings is 1. The van der Waals surface area contributed by atoms with Crippen molar-refractivity contribution in [1.82, 2.24) is 4.98 Å². The van der Waals surface area contributed by atoms with Crippen molar-refractivity contribution in [2.45, 2.75) is 13.0 Å². The van der Waals surface area contributed by atoms with Crippen LogP contribution in [-0.4, -0.2) is 10.1 Å². The predicted molar refractivity (Wildman–Crippen MR) is 49.2 cm³/mol. The van der Waals surface area contributed by atoms with Gasteiger partial charge in [0.15, 0.2) is 5.58 Å². The molecule has 70 valence electrons. The first-order chi connectivity index (χ1) is 6.83. The number of nitrogens with zero attached hydrogens (tertiary/aromatic N) is 2. The molecule has 0 amide bonds. The van der Waals surface area contributed by atoms with E-state index in [9.17, 15) is 0 Å². The molecule has 1 aromatic heterocycles. The third kappa shape index (κ3) is 1.45. The lowest BCUT2D eigenvalue weighted by atomic mass is 10.2. The number of aliphatic hydroxyl groups excluding tert-OH is 1. The Morgan fingerprint density at radius 3 is 3.07 bits per heavy atom. The van der Waals surface area contributed by atoms with Gasteiger partial charge in [-0.15, -0.1) is 0 Å². The van der Waals surface area contributed by atoms with Gasteiger partial charge in [0, 0.05) is 0 Å². The van der Waals surface area contributed by atoms with Crippen LogP contribution >= 0.6 is 0 Å². The van der Waals surface area contributed by atoms with Gasteiger partial charge in [0.1, 0.15) is 11.9 Å². The fourth-order valence-corrected chi connectivity index (χ4v) is 1.26. The highest BCUT2D eigenvalue weighted by Gasteiger charge is 2.05. The zero-order chi connectivity index (χ0) is 9.97. The Morgan fingerprint density at radius 2 is 2.36 bits per heavy atom. The Morgan fingerprint density at radius 1 is 1.50 bits per heavy atom. The zero-order valence-electron chi connectivity index (χ0n) is 7.40. The van der Waals surface area contributed by atoms with Gasteiger partial charge < -0.3 is 9.52 Å². The fourth-order valence-electron chi connectivity index (χ4n) is 1.26. The average molecular weight is 188 g/mol. The molecule has 14 heavy (non-hydrogen) atoms. The zero-order valence-corrected chi connectivity index (χ0v) is 7.40. The molecule has 1 N–H and O–H groups in total. The van der Waals surface area contributed by atoms with Crippen molar-refractivity contribution < 1.29 is 9.52 Å². The Hall–Kier alpha value is -1.86. The van der Waals surface area contributed by atoms with Gasteiger partial charge in [-0.25, -0.2) is 4.98 Å². The minimum Gasteiger partial charge on any atom is -0.440 e. The molecule has 0 bridgehead atoms. The van der Waals surface area contributed by atoms with E-state index in [2.05, 4.69) is 4.98 Å². The molecule has 1 heterocycles. The summed E-state index contributed by atoms with van der Waals surface area (Å²) in [6.45, 7) is -0.0236. The van der Waals surface area contributed by atoms with Crippen LogP contribution in [0.2, 0.25) is 0 Å². The van der Waals surface area contributed by atoms with E-state index in [-0.39, 0.29) is 13.0 Å². The first kappa shape index (κ1) is 8.73. The maximum absolute atomic E-state index is 8.89. The molecule has 2 rings (SSSR count). The number of nitriles is 1. The summed E-state index contributed by atoms with van der Waals surface area (Å²) in [6, 6.07) is 7.24. The van der Waals surface area contributed by atoms with E-state index in [1.807, 2.05) is 6.07 Å². The molecular weight excluding hydrogens is 180 g/mol. The van der Waals surface area contributed by atoms with Crippen molar-refractivity contribution in [1.29, 1.82) is 5.26 Å². The third-order valence-electron chi connectivity index (χ3n) is 1.91. The molecule has 0 unspecified atom stereocenters. The quantitative estimate of drug-likeness (QED) is 0.773. The molecule has 0 aliphatic carbocycles. The number of rotatable bonds is 2. The number of aromatic nitrogens is 1. The average Bonchev–Trinajstić information content (AvgIpc) is 2.59. The minimum absolute atomic E-state index is 0.0236. The Kier molecular flexibility index (Phi) is 2.17. The molecule has 0 saturated heterocycles. The topological polar surface area (TPSA) is 70.0 Å². The van der Waals surface area contributed by atoms with Gasteiger partial charge in [0.25, 0.3) is 0 Å². The maximum Gasteiger partial charge on any atom is 0.209 e. The number of aliphatic hydroxyl groups is 1. The summed E-state index contributed by atoms with van der Waals surface area (Å²) in [4.78, 5) is 4.11. The fraction of sp³-hybridized carbons (Fsp3) is 0.200. The smallest absolute Gasteiger partial charge is 0.209 e. The molecular formula is C10H8N2O2. The Bertz CT molecular complexity index is 496. The van der Waals surface area contributed by atoms with E-state index in [0.717, 1.165) is 5.56 Å². The molecule has 0 spiro atoms. The summed E-state index contributed by atoms with van der Waals surface area (Å²) in [5, 5.41) is 17.3. The van der Waals surface area contributed by atoms with Gasteiger partial charge in [0.2, 0.25) is 5.89 Å². The van der Waals surface area contributed by atoms with Gasteiger partial charge in [-0.3, -0.25) is 0 Å². The monoisotopic (exact) mass is 188 g/mol. The maximum atomic E-state index is 8.89. The van der Waals surface area contributed by atoms with Crippen LogP contribution in [0.3, 0.4) is 0 Å². The predicted octanol–water partition coefficient (Wildman–Crippen LogP) is 1.39. The molecule has 0 fully saturated rings. The van der Waals surface area contributed by atoms with E-state index in [0.29, 0.717) is 17.0 Å². The second-order valence-corrected chi connectivity index (χ2v) is 2.90. The number of benzene rings is 1. The van der Waals surface area contributed by atoms with Crippen molar-refractivity contribution in [3.05, 3.63) is 29.7 Å². The van der Waals surface area contributed by atoms with E-state index < -0.39 is 0 Å². The summed E-state index contributed by atoms with van der Waals surface area (Å²) in [5.74, 6) is 0.414. The van der Waals surface area contributed by atoms with Crippen molar-refractivity contribution in [2.24, 2.45) is 0 Å². The lowest BCUT2D eigenvalue weighted by molar-refractivity contribution is 0.282. The first-order valence-corrected chi connectivity index (χ1v) is 4.19. The number of hydrogen-bond acceptors (Lipinski definition) is 4. The van der Waals surface area contributed by atoms with E-state index in [1.165, 1.54) is 0 Å². The second kappa shape index (κ2) is 3.48. The van der Waals surface area contributed by atoms with Crippen molar-refractivity contribution in [3.8, 4) is 6.07 Å². The Balaban J connectivity index is 2.50. The number of hydrogen-bond donors (Lipinski definition) is 1. The molecule has 0 aliphatic heterocycles. The Labute approximate surface area is 80.4 Å². The van der Waals surface area contributed by atoms with Crippen LogP contribution in [0.25, 0.3) is 11.1 Å². The normalized spacial score (nSPS) is 10.3. The van der Waals surface area contributed by atoms with E-state index in [1.54, 1.807) is 18.2 Å². The highest BCUT2D eigenvalue weighted by molar-refractivity contribution is 5.73. The van der Waals surface area contributed by atoms with Gasteiger partial charge in [0.05, 0.1) is 12.7 Å². The molecule has 2 aromatic rings. The third-order valence-corrected chi connectivity index (χ3v) is 1.91. The van der Waals surface area contributed by atoms with Gasteiger partial charge in [-0.05, 0) is 17.7 Å². The number of fused-ring (bicyclic) bond motifs is 1. The summed E-state index contributed by atoms with van der Waals surface area (Å²) in [5.41, 5.74) is 2.10. The highest BCUT2D eigenvalue weighted by Crippen LogP contribution is 2.17. The van der Waals surface area contributed by atoms with Crippen molar-refractivity contribution >= 4 is 11.1 Å². The van der Waals surface area contributed by atoms with E-state index >= 15 is 0 Å². The van der Waals surface area contributed by atoms with E-state index in [4.69, 9.17) is 14.8 Å². The molecule has 0 radical (unpaired) electrons. The SMILES string of the molecule is N#CCc1nc2ccc(CO)cc2o1. The minimum atomic E-state index is -0.0236. The lowest BCUT2D eigenvalue weighted by Crippen LogP contribution is -1.80. The molecule has 0 saturated carbocycles. The van der Waals surface area contributed by atoms with Crippen molar-refractivity contribution in [2.75, 3.05) is 0 Å². The summed E-state index contributed by atoms with van der Waals surface area (Å²) in [6.07, 6.45) is 0.170. The van der Waals surface area contributed by atoms with Crippen LogP contribution in [0.4, 0.5) is 0 Å². The second-order valence-electron chi connectivity index (χ2n) is 2.90. The van der Waals surface area contributed by atoms with Gasteiger partial charge in [-0.1, -0.05) is 6.07 Å². The molecule has 0 aliphatic rings. The first-order valence-electron chi connectivity index (χ1n) is 4.19. The lowest BCUT2D eigenvalue weighted by Gasteiger charge is -1.92. The molecule has 1 aromatic carbocycles. The van der Waals surface area contributed by atoms with Crippen LogP contribution < -0.4 is 0 Å². The molecule has 4 heteroatoms. The molecule has 4 nitrogen and oxygen atoms in total. The molecule has 0 atom stereocenters.